The summed E-state index contributed by atoms with van der Waals surface area (Å²) in [5.74, 6) is 0.719. The molecule has 2 unspecified atom stereocenters. The van der Waals surface area contributed by atoms with Gasteiger partial charge in [0.25, 0.3) is 0 Å². The molecule has 1 heteroatoms. The summed E-state index contributed by atoms with van der Waals surface area (Å²) in [5.41, 5.74) is 6.88. The standard InChI is InChI=1S/C17H37N/c1-6-8-10-11-13-17(5,12-9-7-2)16(18)14-15(3)4/h15-16H,6-14,18H2,1-5H3. The van der Waals surface area contributed by atoms with Gasteiger partial charge in [-0.3, -0.25) is 0 Å². The largest absolute Gasteiger partial charge is 0.327 e. The third-order valence-electron chi connectivity index (χ3n) is 4.32. The maximum atomic E-state index is 6.51. The first-order valence-electron chi connectivity index (χ1n) is 8.21. The summed E-state index contributed by atoms with van der Waals surface area (Å²) in [6.45, 7) is 11.6. The van der Waals surface area contributed by atoms with Crippen LogP contribution < -0.4 is 5.73 Å². The molecule has 0 aliphatic carbocycles. The van der Waals surface area contributed by atoms with Crippen molar-refractivity contribution in [2.45, 2.75) is 98.4 Å². The van der Waals surface area contributed by atoms with Gasteiger partial charge in [-0.2, -0.15) is 0 Å². The molecule has 0 saturated carbocycles. The fraction of sp³-hybridized carbons (Fsp3) is 1.00. The summed E-state index contributed by atoms with van der Waals surface area (Å²) >= 11 is 0. The monoisotopic (exact) mass is 255 g/mol. The van der Waals surface area contributed by atoms with Crippen LogP contribution in [0.4, 0.5) is 0 Å². The van der Waals surface area contributed by atoms with Crippen molar-refractivity contribution in [2.75, 3.05) is 0 Å². The maximum Gasteiger partial charge on any atom is 0.00953 e. The lowest BCUT2D eigenvalue weighted by molar-refractivity contribution is 0.180. The smallest absolute Gasteiger partial charge is 0.00953 e. The topological polar surface area (TPSA) is 26.0 Å². The van der Waals surface area contributed by atoms with Crippen LogP contribution in [0.15, 0.2) is 0 Å². The Morgan fingerprint density at radius 2 is 1.44 bits per heavy atom. The number of hydrogen-bond donors (Lipinski definition) is 1. The van der Waals surface area contributed by atoms with Gasteiger partial charge in [0.2, 0.25) is 0 Å². The summed E-state index contributed by atoms with van der Waals surface area (Å²) in [5, 5.41) is 0. The molecule has 0 aliphatic heterocycles. The van der Waals surface area contributed by atoms with E-state index in [0.717, 1.165) is 5.92 Å². The molecule has 0 spiro atoms. The number of nitrogens with two attached hydrogens (primary N) is 1. The van der Waals surface area contributed by atoms with Crippen LogP contribution in [0.2, 0.25) is 0 Å². The number of unbranched alkanes of at least 4 members (excludes halogenated alkanes) is 4. The Kier molecular flexibility index (Phi) is 9.81. The molecule has 0 aliphatic rings. The van der Waals surface area contributed by atoms with E-state index in [1.54, 1.807) is 0 Å². The molecule has 0 rings (SSSR count). The van der Waals surface area contributed by atoms with Crippen LogP contribution in [0.25, 0.3) is 0 Å². The first-order valence-corrected chi connectivity index (χ1v) is 8.21. The first kappa shape index (κ1) is 18.0. The predicted octanol–water partition coefficient (Wildman–Crippen LogP) is 5.53. The van der Waals surface area contributed by atoms with E-state index in [2.05, 4.69) is 34.6 Å². The van der Waals surface area contributed by atoms with Gasteiger partial charge >= 0.3 is 0 Å². The first-order chi connectivity index (χ1) is 8.46. The van der Waals surface area contributed by atoms with E-state index in [-0.39, 0.29) is 0 Å². The second-order valence-corrected chi connectivity index (χ2v) is 6.80. The van der Waals surface area contributed by atoms with E-state index in [0.29, 0.717) is 11.5 Å². The van der Waals surface area contributed by atoms with Gasteiger partial charge in [0.15, 0.2) is 0 Å². The summed E-state index contributed by atoms with van der Waals surface area (Å²) in [7, 11) is 0. The van der Waals surface area contributed by atoms with Crippen LogP contribution in [-0.4, -0.2) is 6.04 Å². The third-order valence-corrected chi connectivity index (χ3v) is 4.32. The van der Waals surface area contributed by atoms with Crippen molar-refractivity contribution in [3.8, 4) is 0 Å². The zero-order chi connectivity index (χ0) is 14.0. The van der Waals surface area contributed by atoms with Crippen molar-refractivity contribution in [3.63, 3.8) is 0 Å². The van der Waals surface area contributed by atoms with Gasteiger partial charge in [-0.25, -0.2) is 0 Å². The summed E-state index contributed by atoms with van der Waals surface area (Å²) < 4.78 is 0. The molecule has 0 radical (unpaired) electrons. The van der Waals surface area contributed by atoms with Gasteiger partial charge < -0.3 is 5.73 Å². The Labute approximate surface area is 116 Å². The van der Waals surface area contributed by atoms with Gasteiger partial charge in [0.05, 0.1) is 0 Å². The molecule has 1 nitrogen and oxygen atoms in total. The molecule has 2 N–H and O–H groups in total. The van der Waals surface area contributed by atoms with Gasteiger partial charge in [0.1, 0.15) is 0 Å². The third kappa shape index (κ3) is 7.41. The molecule has 0 fully saturated rings. The van der Waals surface area contributed by atoms with Crippen molar-refractivity contribution in [1.29, 1.82) is 0 Å². The van der Waals surface area contributed by atoms with E-state index in [4.69, 9.17) is 5.73 Å². The van der Waals surface area contributed by atoms with E-state index < -0.39 is 0 Å². The Bertz CT molecular complexity index is 188. The minimum atomic E-state index is 0.369. The van der Waals surface area contributed by atoms with Crippen molar-refractivity contribution in [2.24, 2.45) is 17.1 Å². The molecule has 18 heavy (non-hydrogen) atoms. The summed E-state index contributed by atoms with van der Waals surface area (Å²) in [4.78, 5) is 0. The van der Waals surface area contributed by atoms with Gasteiger partial charge in [-0.1, -0.05) is 73.1 Å². The van der Waals surface area contributed by atoms with E-state index in [1.807, 2.05) is 0 Å². The Morgan fingerprint density at radius 1 is 0.889 bits per heavy atom. The average Bonchev–Trinajstić information content (AvgIpc) is 2.31. The van der Waals surface area contributed by atoms with Gasteiger partial charge in [-0.05, 0) is 30.6 Å². The lowest BCUT2D eigenvalue weighted by Crippen LogP contribution is -2.40. The Hall–Kier alpha value is -0.0400. The highest BCUT2D eigenvalue weighted by Gasteiger charge is 2.30. The fourth-order valence-corrected chi connectivity index (χ4v) is 2.82. The van der Waals surface area contributed by atoms with Crippen molar-refractivity contribution in [3.05, 3.63) is 0 Å². The number of hydrogen-bond acceptors (Lipinski definition) is 1. The van der Waals surface area contributed by atoms with Gasteiger partial charge in [-0.15, -0.1) is 0 Å². The molecule has 0 aromatic heterocycles. The predicted molar refractivity (Wildman–Crippen MR) is 83.8 cm³/mol. The quantitative estimate of drug-likeness (QED) is 0.483. The maximum absolute atomic E-state index is 6.51. The second kappa shape index (κ2) is 9.83. The van der Waals surface area contributed by atoms with Crippen LogP contribution in [0.3, 0.4) is 0 Å². The van der Waals surface area contributed by atoms with E-state index in [9.17, 15) is 0 Å². The van der Waals surface area contributed by atoms with Crippen molar-refractivity contribution >= 4 is 0 Å². The fourth-order valence-electron chi connectivity index (χ4n) is 2.82. The molecule has 0 aromatic rings. The molecule has 110 valence electrons. The van der Waals surface area contributed by atoms with Crippen LogP contribution in [-0.2, 0) is 0 Å². The lowest BCUT2D eigenvalue weighted by Gasteiger charge is -2.37. The Balaban J connectivity index is 4.30. The highest BCUT2D eigenvalue weighted by atomic mass is 14.7. The lowest BCUT2D eigenvalue weighted by atomic mass is 9.72. The van der Waals surface area contributed by atoms with E-state index in [1.165, 1.54) is 57.8 Å². The highest BCUT2D eigenvalue weighted by Crippen LogP contribution is 2.36. The highest BCUT2D eigenvalue weighted by molar-refractivity contribution is 4.86. The molecule has 0 heterocycles. The van der Waals surface area contributed by atoms with Crippen LogP contribution >= 0.6 is 0 Å². The molecule has 0 aromatic carbocycles. The molecular formula is C17H37N. The molecular weight excluding hydrogens is 218 g/mol. The van der Waals surface area contributed by atoms with E-state index >= 15 is 0 Å². The van der Waals surface area contributed by atoms with Crippen LogP contribution in [0.1, 0.15) is 92.4 Å². The molecule has 2 atom stereocenters. The Morgan fingerprint density at radius 3 is 1.94 bits per heavy atom. The van der Waals surface area contributed by atoms with Crippen LogP contribution in [0, 0.1) is 11.3 Å². The molecule has 0 amide bonds. The molecule has 0 saturated heterocycles. The normalized spacial score (nSPS) is 16.8. The zero-order valence-corrected chi connectivity index (χ0v) is 13.6. The minimum Gasteiger partial charge on any atom is -0.327 e. The summed E-state index contributed by atoms with van der Waals surface area (Å²) in [6.07, 6.45) is 11.9. The average molecular weight is 255 g/mol. The second-order valence-electron chi connectivity index (χ2n) is 6.80. The molecule has 0 bridgehead atoms. The van der Waals surface area contributed by atoms with Crippen molar-refractivity contribution < 1.29 is 0 Å². The van der Waals surface area contributed by atoms with Crippen LogP contribution in [0.5, 0.6) is 0 Å². The SMILES string of the molecule is CCCCCCC(C)(CCCC)C(N)CC(C)C. The van der Waals surface area contributed by atoms with Gasteiger partial charge in [0, 0.05) is 6.04 Å². The van der Waals surface area contributed by atoms with Crippen molar-refractivity contribution in [1.82, 2.24) is 0 Å². The zero-order valence-electron chi connectivity index (χ0n) is 13.6. The number of rotatable bonds is 11. The minimum absolute atomic E-state index is 0.369. The summed E-state index contributed by atoms with van der Waals surface area (Å²) in [6, 6.07) is 0.380.